The molecule has 2 fully saturated rings. The second-order valence-electron chi connectivity index (χ2n) is 10.4. The van der Waals surface area contributed by atoms with Crippen LogP contribution in [0.15, 0.2) is 30.3 Å². The average molecular weight is 586 g/mol. The first-order valence-electron chi connectivity index (χ1n) is 13.5. The van der Waals surface area contributed by atoms with E-state index >= 15 is 0 Å². The number of alkyl halides is 3. The Bertz CT molecular complexity index is 1270. The number of amides is 1. The van der Waals surface area contributed by atoms with Gasteiger partial charge in [0, 0.05) is 51.4 Å². The Labute approximate surface area is 233 Å². The molecule has 2 aromatic rings. The van der Waals surface area contributed by atoms with E-state index in [0.717, 1.165) is 42.4 Å². The molecule has 8 nitrogen and oxygen atoms in total. The lowest BCUT2D eigenvalue weighted by Gasteiger charge is -2.41. The minimum absolute atomic E-state index is 0.0492. The van der Waals surface area contributed by atoms with Gasteiger partial charge in [-0.3, -0.25) is 14.0 Å². The van der Waals surface area contributed by atoms with Crippen LogP contribution in [0.5, 0.6) is 0 Å². The van der Waals surface area contributed by atoms with E-state index in [9.17, 15) is 30.8 Å². The summed E-state index contributed by atoms with van der Waals surface area (Å²) in [7, 11) is -1.80. The van der Waals surface area contributed by atoms with Gasteiger partial charge < -0.3 is 10.2 Å². The maximum absolute atomic E-state index is 14.5. The number of piperazine rings is 1. The second kappa shape index (κ2) is 12.7. The van der Waals surface area contributed by atoms with E-state index in [1.54, 1.807) is 6.92 Å². The van der Waals surface area contributed by atoms with Crippen molar-refractivity contribution in [3.63, 3.8) is 0 Å². The van der Waals surface area contributed by atoms with Gasteiger partial charge in [-0.15, -0.1) is 0 Å². The van der Waals surface area contributed by atoms with Crippen molar-refractivity contribution in [3.05, 3.63) is 53.0 Å². The van der Waals surface area contributed by atoms with E-state index in [-0.39, 0.29) is 18.1 Å². The SMILES string of the molecule is CC(C(=O)NCc1ccc(C(F)(F)F)nc1N1CCN(C2CCCCC2)CC1)c1ccc(N(C)[SH](=O)=O)c(F)c1. The van der Waals surface area contributed by atoms with Gasteiger partial charge in [0.2, 0.25) is 16.8 Å². The summed E-state index contributed by atoms with van der Waals surface area (Å²) in [6, 6.07) is 6.63. The molecule has 1 aliphatic heterocycles. The van der Waals surface area contributed by atoms with E-state index in [2.05, 4.69) is 15.2 Å². The van der Waals surface area contributed by atoms with Crippen molar-refractivity contribution in [2.75, 3.05) is 42.4 Å². The minimum atomic E-state index is -4.60. The monoisotopic (exact) mass is 585 g/mol. The predicted octanol–water partition coefficient (Wildman–Crippen LogP) is 4.08. The van der Waals surface area contributed by atoms with Crippen LogP contribution in [0.4, 0.5) is 29.1 Å². The van der Waals surface area contributed by atoms with Crippen molar-refractivity contribution >= 4 is 28.3 Å². The normalized spacial score (nSPS) is 18.1. The molecule has 4 rings (SSSR count). The van der Waals surface area contributed by atoms with E-state index in [1.807, 2.05) is 4.90 Å². The number of rotatable bonds is 8. The van der Waals surface area contributed by atoms with Crippen LogP contribution in [0.25, 0.3) is 0 Å². The first-order valence-corrected chi connectivity index (χ1v) is 14.6. The molecular weight excluding hydrogens is 550 g/mol. The highest BCUT2D eigenvalue weighted by atomic mass is 32.2. The lowest BCUT2D eigenvalue weighted by molar-refractivity contribution is -0.141. The summed E-state index contributed by atoms with van der Waals surface area (Å²) in [5, 5.41) is 2.74. The van der Waals surface area contributed by atoms with Gasteiger partial charge in [-0.25, -0.2) is 17.8 Å². The number of hydrogen-bond acceptors (Lipinski definition) is 6. The molecule has 2 aliphatic rings. The Morgan fingerprint density at radius 3 is 2.38 bits per heavy atom. The maximum atomic E-state index is 14.5. The lowest BCUT2D eigenvalue weighted by atomic mass is 9.94. The molecular formula is C27H35F4N5O3S. The Balaban J connectivity index is 1.46. The molecule has 1 amide bonds. The van der Waals surface area contributed by atoms with E-state index in [4.69, 9.17) is 0 Å². The van der Waals surface area contributed by atoms with Crippen molar-refractivity contribution in [3.8, 4) is 0 Å². The van der Waals surface area contributed by atoms with Crippen molar-refractivity contribution in [1.29, 1.82) is 0 Å². The van der Waals surface area contributed by atoms with Crippen molar-refractivity contribution in [1.82, 2.24) is 15.2 Å². The number of benzene rings is 1. The number of hydrogen-bond donors (Lipinski definition) is 2. The lowest BCUT2D eigenvalue weighted by Crippen LogP contribution is -2.51. The Hall–Kier alpha value is -2.93. The summed E-state index contributed by atoms with van der Waals surface area (Å²) in [6.07, 6.45) is 1.37. The molecule has 13 heteroatoms. The van der Waals surface area contributed by atoms with E-state index < -0.39 is 40.4 Å². The molecule has 0 radical (unpaired) electrons. The molecule has 1 N–H and O–H groups in total. The number of thiol groups is 1. The van der Waals surface area contributed by atoms with Gasteiger partial charge in [0.25, 0.3) is 0 Å². The molecule has 1 saturated carbocycles. The van der Waals surface area contributed by atoms with Crippen LogP contribution in [0.2, 0.25) is 0 Å². The number of halogens is 4. The molecule has 2 heterocycles. The van der Waals surface area contributed by atoms with Crippen LogP contribution in [-0.2, 0) is 28.4 Å². The first-order chi connectivity index (χ1) is 19.0. The van der Waals surface area contributed by atoms with Gasteiger partial charge in [-0.05, 0) is 43.5 Å². The molecule has 1 aromatic heterocycles. The quantitative estimate of drug-likeness (QED) is 0.359. The standard InChI is InChI=1S/C27H35F4N5O3S/c1-18(19-8-10-23(22(28)16-19)34(2)40(38)39)26(37)32-17-20-9-11-24(27(29,30)31)33-25(20)36-14-12-35(13-15-36)21-6-4-3-5-7-21/h8-11,16,18,21,40H,3-7,12-15,17H2,1-2H3,(H,32,37). The van der Waals surface area contributed by atoms with Crippen LogP contribution in [0.1, 0.15) is 61.8 Å². The van der Waals surface area contributed by atoms with Crippen LogP contribution in [0, 0.1) is 5.82 Å². The van der Waals surface area contributed by atoms with Gasteiger partial charge in [0.15, 0.2) is 0 Å². The molecule has 40 heavy (non-hydrogen) atoms. The number of carbonyl (C=O) groups excluding carboxylic acids is 1. The van der Waals surface area contributed by atoms with Crippen LogP contribution in [-0.4, -0.2) is 63.5 Å². The smallest absolute Gasteiger partial charge is 0.354 e. The zero-order valence-corrected chi connectivity index (χ0v) is 23.5. The summed E-state index contributed by atoms with van der Waals surface area (Å²) in [6.45, 7) is 4.07. The van der Waals surface area contributed by atoms with Crippen LogP contribution < -0.4 is 14.5 Å². The highest BCUT2D eigenvalue weighted by Gasteiger charge is 2.34. The van der Waals surface area contributed by atoms with Gasteiger partial charge in [0.1, 0.15) is 17.3 Å². The summed E-state index contributed by atoms with van der Waals surface area (Å²) >= 11 is 0. The third-order valence-corrected chi connectivity index (χ3v) is 8.57. The Morgan fingerprint density at radius 2 is 1.77 bits per heavy atom. The molecule has 1 atom stereocenters. The fourth-order valence-corrected chi connectivity index (χ4v) is 5.76. The number of nitrogens with zero attached hydrogens (tertiary/aromatic N) is 4. The van der Waals surface area contributed by atoms with Crippen molar-refractivity contribution < 1.29 is 30.8 Å². The van der Waals surface area contributed by atoms with Crippen molar-refractivity contribution in [2.24, 2.45) is 0 Å². The van der Waals surface area contributed by atoms with E-state index in [0.29, 0.717) is 30.3 Å². The number of pyridine rings is 1. The highest BCUT2D eigenvalue weighted by Crippen LogP contribution is 2.32. The zero-order chi connectivity index (χ0) is 29.0. The third kappa shape index (κ3) is 7.03. The molecule has 1 aliphatic carbocycles. The summed E-state index contributed by atoms with van der Waals surface area (Å²) in [4.78, 5) is 21.2. The molecule has 220 valence electrons. The zero-order valence-electron chi connectivity index (χ0n) is 22.6. The molecule has 0 bridgehead atoms. The van der Waals surface area contributed by atoms with Crippen LogP contribution in [0.3, 0.4) is 0 Å². The van der Waals surface area contributed by atoms with Crippen molar-refractivity contribution in [2.45, 2.75) is 63.7 Å². The molecule has 1 saturated heterocycles. The Morgan fingerprint density at radius 1 is 1.10 bits per heavy atom. The van der Waals surface area contributed by atoms with Gasteiger partial charge in [-0.2, -0.15) is 13.2 Å². The van der Waals surface area contributed by atoms with Gasteiger partial charge in [-0.1, -0.05) is 31.4 Å². The summed E-state index contributed by atoms with van der Waals surface area (Å²) in [5.74, 6) is -1.83. The third-order valence-electron chi connectivity index (χ3n) is 7.86. The minimum Gasteiger partial charge on any atom is -0.354 e. The molecule has 0 spiro atoms. The highest BCUT2D eigenvalue weighted by molar-refractivity contribution is 7.74. The van der Waals surface area contributed by atoms with Gasteiger partial charge in [0.05, 0.1) is 11.6 Å². The number of anilines is 2. The second-order valence-corrected chi connectivity index (χ2v) is 11.5. The summed E-state index contributed by atoms with van der Waals surface area (Å²) in [5.41, 5.74) is -0.336. The fraction of sp³-hybridized carbons (Fsp3) is 0.556. The number of carbonyl (C=O) groups is 1. The van der Waals surface area contributed by atoms with Gasteiger partial charge >= 0.3 is 6.18 Å². The molecule has 1 unspecified atom stereocenters. The number of aromatic nitrogens is 1. The summed E-state index contributed by atoms with van der Waals surface area (Å²) < 4.78 is 78.1. The topological polar surface area (TPSA) is 85.8 Å². The average Bonchev–Trinajstić information content (AvgIpc) is 2.95. The largest absolute Gasteiger partial charge is 0.433 e. The fourth-order valence-electron chi connectivity index (χ4n) is 5.42. The first kappa shape index (κ1) is 30.0. The van der Waals surface area contributed by atoms with E-state index in [1.165, 1.54) is 44.5 Å². The predicted molar refractivity (Wildman–Crippen MR) is 145 cm³/mol. The van der Waals surface area contributed by atoms with Crippen LogP contribution >= 0.6 is 0 Å². The molecule has 1 aromatic carbocycles. The maximum Gasteiger partial charge on any atom is 0.433 e. The number of nitrogens with one attached hydrogen (secondary N) is 1. The Kier molecular flexibility index (Phi) is 9.55.